The minimum absolute atomic E-state index is 0.0120. The lowest BCUT2D eigenvalue weighted by molar-refractivity contribution is -0.384. The molecule has 0 aliphatic carbocycles. The van der Waals surface area contributed by atoms with Crippen LogP contribution in [0, 0.1) is 10.1 Å². The summed E-state index contributed by atoms with van der Waals surface area (Å²) >= 11 is 0. The van der Waals surface area contributed by atoms with Crippen LogP contribution in [-0.4, -0.2) is 29.7 Å². The second kappa shape index (κ2) is 6.23. The molecular weight excluding hydrogens is 262 g/mol. The van der Waals surface area contributed by atoms with Crippen molar-refractivity contribution in [3.63, 3.8) is 0 Å². The van der Waals surface area contributed by atoms with Crippen molar-refractivity contribution in [1.82, 2.24) is 0 Å². The molecule has 0 fully saturated rings. The summed E-state index contributed by atoms with van der Waals surface area (Å²) in [6.45, 7) is 2.49. The molecule has 1 aromatic carbocycles. The lowest BCUT2D eigenvalue weighted by atomic mass is 10.1. The van der Waals surface area contributed by atoms with Crippen LogP contribution in [0.4, 0.5) is 5.69 Å². The lowest BCUT2D eigenvalue weighted by Crippen LogP contribution is -2.22. The van der Waals surface area contributed by atoms with Gasteiger partial charge in [-0.15, -0.1) is 0 Å². The second-order valence-corrected chi connectivity index (χ2v) is 4.57. The Morgan fingerprint density at radius 3 is 2.75 bits per heavy atom. The van der Waals surface area contributed by atoms with Crippen LogP contribution in [0.15, 0.2) is 29.3 Å². The topological polar surface area (TPSA) is 100.0 Å². The van der Waals surface area contributed by atoms with Crippen molar-refractivity contribution in [2.75, 3.05) is 6.61 Å². The first-order valence-corrected chi connectivity index (χ1v) is 6.45. The van der Waals surface area contributed by atoms with Gasteiger partial charge in [-0.2, -0.15) is 0 Å². The third-order valence-corrected chi connectivity index (χ3v) is 3.07. The zero-order chi connectivity index (χ0) is 14.5. The van der Waals surface area contributed by atoms with Crippen LogP contribution in [0.1, 0.15) is 19.8 Å². The summed E-state index contributed by atoms with van der Waals surface area (Å²) in [6.07, 6.45) is 1.48. The summed E-state index contributed by atoms with van der Waals surface area (Å²) in [7, 11) is 0. The number of ether oxygens (including phenoxy) is 2. The molecular formula is C13H17N3O4. The van der Waals surface area contributed by atoms with E-state index in [1.807, 2.05) is 6.92 Å². The van der Waals surface area contributed by atoms with E-state index in [-0.39, 0.29) is 23.9 Å². The van der Waals surface area contributed by atoms with Gasteiger partial charge in [-0.1, -0.05) is 6.92 Å². The Bertz CT molecular complexity index is 501. The fourth-order valence-corrected chi connectivity index (χ4v) is 2.00. The number of rotatable bonds is 6. The molecule has 0 bridgehead atoms. The van der Waals surface area contributed by atoms with Crippen molar-refractivity contribution in [3.05, 3.63) is 34.4 Å². The number of amidine groups is 1. The number of nitrogens with two attached hydrogens (primary N) is 1. The van der Waals surface area contributed by atoms with Crippen LogP contribution in [0.5, 0.6) is 5.75 Å². The van der Waals surface area contributed by atoms with Crippen molar-refractivity contribution in [1.29, 1.82) is 0 Å². The fourth-order valence-electron chi connectivity index (χ4n) is 2.00. The monoisotopic (exact) mass is 279 g/mol. The summed E-state index contributed by atoms with van der Waals surface area (Å²) in [5, 5.41) is 10.6. The molecule has 0 aromatic heterocycles. The highest BCUT2D eigenvalue weighted by molar-refractivity contribution is 5.73. The van der Waals surface area contributed by atoms with Crippen molar-refractivity contribution in [2.24, 2.45) is 10.7 Å². The van der Waals surface area contributed by atoms with E-state index in [4.69, 9.17) is 15.2 Å². The molecule has 0 saturated carbocycles. The van der Waals surface area contributed by atoms with E-state index in [1.165, 1.54) is 12.1 Å². The van der Waals surface area contributed by atoms with Crippen LogP contribution >= 0.6 is 0 Å². The van der Waals surface area contributed by atoms with Crippen molar-refractivity contribution in [2.45, 2.75) is 31.9 Å². The number of nitrogens with zero attached hydrogens (tertiary/aromatic N) is 2. The molecule has 0 radical (unpaired) electrons. The maximum absolute atomic E-state index is 10.6. The number of aliphatic imine (C=N–C) groups is 1. The molecule has 1 aliphatic heterocycles. The van der Waals surface area contributed by atoms with Gasteiger partial charge >= 0.3 is 0 Å². The molecule has 0 spiro atoms. The molecule has 1 aromatic rings. The number of hydrogen-bond acceptors (Lipinski definition) is 6. The van der Waals surface area contributed by atoms with Gasteiger partial charge in [-0.25, -0.2) is 4.99 Å². The molecule has 20 heavy (non-hydrogen) atoms. The molecule has 1 heterocycles. The number of benzene rings is 1. The third kappa shape index (κ3) is 3.59. The largest absolute Gasteiger partial charge is 0.490 e. The number of non-ortho nitro benzene ring substituents is 1. The summed E-state index contributed by atoms with van der Waals surface area (Å²) in [4.78, 5) is 14.3. The Kier molecular flexibility index (Phi) is 4.39. The molecule has 0 saturated heterocycles. The van der Waals surface area contributed by atoms with E-state index < -0.39 is 4.92 Å². The molecule has 7 nitrogen and oxygen atoms in total. The Labute approximate surface area is 116 Å². The van der Waals surface area contributed by atoms with Gasteiger partial charge in [0, 0.05) is 18.6 Å². The molecule has 1 aliphatic rings. The molecule has 2 atom stereocenters. The lowest BCUT2D eigenvalue weighted by Gasteiger charge is -2.19. The van der Waals surface area contributed by atoms with Gasteiger partial charge in [0.05, 0.1) is 11.0 Å². The van der Waals surface area contributed by atoms with Crippen LogP contribution in [-0.2, 0) is 4.74 Å². The van der Waals surface area contributed by atoms with Crippen LogP contribution in [0.25, 0.3) is 0 Å². The van der Waals surface area contributed by atoms with Gasteiger partial charge in [0.2, 0.25) is 0 Å². The maximum Gasteiger partial charge on any atom is 0.282 e. The third-order valence-electron chi connectivity index (χ3n) is 3.07. The van der Waals surface area contributed by atoms with Crippen LogP contribution in [0.3, 0.4) is 0 Å². The van der Waals surface area contributed by atoms with E-state index in [9.17, 15) is 10.1 Å². The highest BCUT2D eigenvalue weighted by Crippen LogP contribution is 2.21. The molecule has 7 heteroatoms. The van der Waals surface area contributed by atoms with Crippen molar-refractivity contribution >= 4 is 11.7 Å². The SMILES string of the molecule is CC[C@H](C[C@H]1COC(N)=N1)Oc1ccc([N+](=O)[O-])cc1. The predicted octanol–water partition coefficient (Wildman–Crippen LogP) is 1.86. The highest BCUT2D eigenvalue weighted by Gasteiger charge is 2.22. The van der Waals surface area contributed by atoms with E-state index in [0.717, 1.165) is 6.42 Å². The first kappa shape index (κ1) is 14.1. The number of nitro benzene ring substituents is 1. The second-order valence-electron chi connectivity index (χ2n) is 4.57. The Hall–Kier alpha value is -2.31. The number of hydrogen-bond donors (Lipinski definition) is 1. The van der Waals surface area contributed by atoms with Gasteiger partial charge in [0.25, 0.3) is 11.7 Å². The molecule has 0 unspecified atom stereocenters. The van der Waals surface area contributed by atoms with Gasteiger partial charge < -0.3 is 15.2 Å². The summed E-state index contributed by atoms with van der Waals surface area (Å²) < 4.78 is 10.9. The Morgan fingerprint density at radius 2 is 2.25 bits per heavy atom. The summed E-state index contributed by atoms with van der Waals surface area (Å²) in [5.74, 6) is 0.610. The molecule has 2 N–H and O–H groups in total. The minimum atomic E-state index is -0.436. The van der Waals surface area contributed by atoms with Gasteiger partial charge in [-0.3, -0.25) is 10.1 Å². The number of nitro groups is 1. The van der Waals surface area contributed by atoms with E-state index >= 15 is 0 Å². The highest BCUT2D eigenvalue weighted by atomic mass is 16.6. The Balaban J connectivity index is 1.94. The molecule has 108 valence electrons. The Morgan fingerprint density at radius 1 is 1.55 bits per heavy atom. The van der Waals surface area contributed by atoms with Gasteiger partial charge in [0.1, 0.15) is 18.5 Å². The summed E-state index contributed by atoms with van der Waals surface area (Å²) in [5.41, 5.74) is 5.51. The van der Waals surface area contributed by atoms with Crippen molar-refractivity contribution in [3.8, 4) is 5.75 Å². The standard InChI is InChI=1S/C13H17N3O4/c1-2-11(7-9-8-19-13(14)15-9)20-12-5-3-10(4-6-12)16(17)18/h3-6,9,11H,2,7-8H2,1H3,(H2,14,15)/t9-,11+/m0/s1. The maximum atomic E-state index is 10.6. The first-order valence-electron chi connectivity index (χ1n) is 6.45. The quantitative estimate of drug-likeness (QED) is 0.632. The average Bonchev–Trinajstić information content (AvgIpc) is 2.84. The first-order chi connectivity index (χ1) is 9.58. The van der Waals surface area contributed by atoms with Gasteiger partial charge in [-0.05, 0) is 18.6 Å². The van der Waals surface area contributed by atoms with Gasteiger partial charge in [0.15, 0.2) is 0 Å². The van der Waals surface area contributed by atoms with Crippen LogP contribution in [0.2, 0.25) is 0 Å². The zero-order valence-electron chi connectivity index (χ0n) is 11.2. The van der Waals surface area contributed by atoms with E-state index in [0.29, 0.717) is 18.8 Å². The van der Waals surface area contributed by atoms with E-state index in [1.54, 1.807) is 12.1 Å². The fraction of sp³-hybridized carbons (Fsp3) is 0.462. The molecule has 2 rings (SSSR count). The summed E-state index contributed by atoms with van der Waals surface area (Å²) in [6, 6.07) is 6.29. The molecule has 0 amide bonds. The predicted molar refractivity (Wildman–Crippen MR) is 73.8 cm³/mol. The van der Waals surface area contributed by atoms with Crippen molar-refractivity contribution < 1.29 is 14.4 Å². The average molecular weight is 279 g/mol. The zero-order valence-corrected chi connectivity index (χ0v) is 11.2. The normalized spacial score (nSPS) is 19.1. The van der Waals surface area contributed by atoms with Crippen LogP contribution < -0.4 is 10.5 Å². The minimum Gasteiger partial charge on any atom is -0.490 e. The van der Waals surface area contributed by atoms with E-state index in [2.05, 4.69) is 4.99 Å². The smallest absolute Gasteiger partial charge is 0.282 e.